The lowest BCUT2D eigenvalue weighted by atomic mass is 10.1. The number of esters is 1. The number of amides is 1. The van der Waals surface area contributed by atoms with Gasteiger partial charge in [-0.05, 0) is 43.0 Å². The van der Waals surface area contributed by atoms with Crippen LogP contribution >= 0.6 is 11.8 Å². The molecule has 0 fully saturated rings. The third kappa shape index (κ3) is 5.26. The fourth-order valence-electron chi connectivity index (χ4n) is 2.41. The van der Waals surface area contributed by atoms with Crippen LogP contribution in [0.2, 0.25) is 0 Å². The van der Waals surface area contributed by atoms with E-state index in [0.29, 0.717) is 23.5 Å². The van der Waals surface area contributed by atoms with Gasteiger partial charge < -0.3 is 19.2 Å². The maximum absolute atomic E-state index is 12.1. The Morgan fingerprint density at radius 2 is 2.08 bits per heavy atom. The first kappa shape index (κ1) is 19.8. The first-order chi connectivity index (χ1) is 12.4. The second kappa shape index (κ2) is 9.28. The number of hydrogen-bond acceptors (Lipinski definition) is 7. The number of methoxy groups -OCH3 is 1. The maximum atomic E-state index is 12.1. The number of rotatable bonds is 8. The predicted octanol–water partition coefficient (Wildman–Crippen LogP) is 1.89. The molecular formula is C18H21NO6S. The molecule has 0 aliphatic rings. The lowest BCUT2D eigenvalue weighted by Crippen LogP contribution is -2.43. The number of nitrogens with one attached hydrogen (secondary N) is 1. The predicted molar refractivity (Wildman–Crippen MR) is 99.7 cm³/mol. The van der Waals surface area contributed by atoms with E-state index in [-0.39, 0.29) is 6.61 Å². The number of hydrogen-bond donors (Lipinski definition) is 1. The van der Waals surface area contributed by atoms with Crippen LogP contribution < -0.4 is 15.7 Å². The smallest absolute Gasteiger partial charge is 0.336 e. The van der Waals surface area contributed by atoms with Gasteiger partial charge in [-0.3, -0.25) is 4.79 Å². The van der Waals surface area contributed by atoms with Gasteiger partial charge >= 0.3 is 11.6 Å². The van der Waals surface area contributed by atoms with Gasteiger partial charge in [0.2, 0.25) is 0 Å². The van der Waals surface area contributed by atoms with Crippen molar-refractivity contribution in [1.29, 1.82) is 0 Å². The van der Waals surface area contributed by atoms with Crippen molar-refractivity contribution in [2.24, 2.45) is 0 Å². The van der Waals surface area contributed by atoms with Crippen LogP contribution in [-0.2, 0) is 14.3 Å². The van der Waals surface area contributed by atoms with Gasteiger partial charge in [0.25, 0.3) is 5.91 Å². The number of benzene rings is 1. The van der Waals surface area contributed by atoms with Crippen molar-refractivity contribution in [1.82, 2.24) is 5.32 Å². The minimum absolute atomic E-state index is 0.270. The van der Waals surface area contributed by atoms with Gasteiger partial charge in [-0.15, -0.1) is 0 Å². The van der Waals surface area contributed by atoms with Gasteiger partial charge in [-0.2, -0.15) is 11.8 Å². The minimum atomic E-state index is -0.708. The zero-order valence-electron chi connectivity index (χ0n) is 14.9. The summed E-state index contributed by atoms with van der Waals surface area (Å²) in [5.41, 5.74) is 0.746. The minimum Gasteiger partial charge on any atom is -0.484 e. The van der Waals surface area contributed by atoms with E-state index in [9.17, 15) is 14.4 Å². The molecule has 1 amide bonds. The summed E-state index contributed by atoms with van der Waals surface area (Å²) in [7, 11) is 1.28. The standard InChI is InChI=1S/C18H21NO6S/c1-11-8-17(21)25-15-9-12(4-5-13(11)15)24-10-16(20)19-14(6-7-26-3)18(22)23-2/h4-5,8-9,14H,6-7,10H2,1-3H3,(H,19,20)/t14-/m0/s1. The molecule has 7 nitrogen and oxygen atoms in total. The van der Waals surface area contributed by atoms with Crippen LogP contribution in [-0.4, -0.2) is 43.6 Å². The molecule has 0 unspecified atom stereocenters. The molecule has 2 aromatic rings. The summed E-state index contributed by atoms with van der Waals surface area (Å²) in [5.74, 6) is 0.173. The van der Waals surface area contributed by atoms with Crippen LogP contribution in [0.5, 0.6) is 5.75 Å². The van der Waals surface area contributed by atoms with E-state index >= 15 is 0 Å². The molecule has 0 aliphatic heterocycles. The van der Waals surface area contributed by atoms with Crippen LogP contribution in [0.4, 0.5) is 0 Å². The third-order valence-electron chi connectivity index (χ3n) is 3.72. The monoisotopic (exact) mass is 379 g/mol. The summed E-state index contributed by atoms with van der Waals surface area (Å²) in [5, 5.41) is 3.40. The zero-order chi connectivity index (χ0) is 19.1. The molecule has 26 heavy (non-hydrogen) atoms. The molecule has 0 aliphatic carbocycles. The van der Waals surface area contributed by atoms with Gasteiger partial charge in [0.05, 0.1) is 7.11 Å². The normalized spacial score (nSPS) is 11.8. The summed E-state index contributed by atoms with van der Waals surface area (Å²) in [6, 6.07) is 5.71. The number of aryl methyl sites for hydroxylation is 1. The zero-order valence-corrected chi connectivity index (χ0v) is 15.7. The number of thioether (sulfide) groups is 1. The second-order valence-electron chi connectivity index (χ2n) is 5.62. The summed E-state index contributed by atoms with van der Waals surface area (Å²) in [6.07, 6.45) is 2.39. The van der Waals surface area contributed by atoms with Crippen molar-refractivity contribution in [3.05, 3.63) is 40.2 Å². The molecule has 1 aromatic carbocycles. The SMILES string of the molecule is COC(=O)[C@H](CCSC)NC(=O)COc1ccc2c(C)cc(=O)oc2c1. The van der Waals surface area contributed by atoms with Crippen LogP contribution in [0.3, 0.4) is 0 Å². The average molecular weight is 379 g/mol. The van der Waals surface area contributed by atoms with Gasteiger partial charge in [0.1, 0.15) is 17.4 Å². The highest BCUT2D eigenvalue weighted by Crippen LogP contribution is 2.22. The van der Waals surface area contributed by atoms with Gasteiger partial charge in [-0.1, -0.05) is 0 Å². The Hall–Kier alpha value is -2.48. The van der Waals surface area contributed by atoms with Gasteiger partial charge in [0, 0.05) is 17.5 Å². The highest BCUT2D eigenvalue weighted by Gasteiger charge is 2.21. The first-order valence-corrected chi connectivity index (χ1v) is 9.37. The summed E-state index contributed by atoms with van der Waals surface area (Å²) in [4.78, 5) is 35.2. The number of carbonyl (C=O) groups excluding carboxylic acids is 2. The topological polar surface area (TPSA) is 94.8 Å². The number of fused-ring (bicyclic) bond motifs is 1. The molecule has 0 bridgehead atoms. The van der Waals surface area contributed by atoms with Gasteiger partial charge in [0.15, 0.2) is 6.61 Å². The van der Waals surface area contributed by atoms with Crippen LogP contribution in [0.15, 0.2) is 33.5 Å². The summed E-state index contributed by atoms with van der Waals surface area (Å²) in [6.45, 7) is 1.54. The Kier molecular flexibility index (Phi) is 7.08. The molecule has 0 saturated heterocycles. The Morgan fingerprint density at radius 1 is 1.31 bits per heavy atom. The molecule has 1 N–H and O–H groups in total. The molecular weight excluding hydrogens is 358 g/mol. The van der Waals surface area contributed by atoms with Crippen molar-refractivity contribution in [3.63, 3.8) is 0 Å². The van der Waals surface area contributed by atoms with Gasteiger partial charge in [-0.25, -0.2) is 9.59 Å². The van der Waals surface area contributed by atoms with Crippen LogP contribution in [0.1, 0.15) is 12.0 Å². The molecule has 0 radical (unpaired) electrons. The highest BCUT2D eigenvalue weighted by molar-refractivity contribution is 7.98. The fraction of sp³-hybridized carbons (Fsp3) is 0.389. The highest BCUT2D eigenvalue weighted by atomic mass is 32.2. The van der Waals surface area contributed by atoms with E-state index in [0.717, 1.165) is 10.9 Å². The lowest BCUT2D eigenvalue weighted by molar-refractivity contribution is -0.145. The lowest BCUT2D eigenvalue weighted by Gasteiger charge is -2.16. The number of ether oxygens (including phenoxy) is 2. The van der Waals surface area contributed by atoms with E-state index in [2.05, 4.69) is 5.32 Å². The molecule has 140 valence electrons. The summed E-state index contributed by atoms with van der Waals surface area (Å²) < 4.78 is 15.3. The van der Waals surface area contributed by atoms with Crippen molar-refractivity contribution in [2.75, 3.05) is 25.7 Å². The Labute approximate surface area is 155 Å². The molecule has 1 atom stereocenters. The molecule has 0 spiro atoms. The Balaban J connectivity index is 2.00. The van der Waals surface area contributed by atoms with Crippen LogP contribution in [0.25, 0.3) is 11.0 Å². The second-order valence-corrected chi connectivity index (χ2v) is 6.61. The molecule has 8 heteroatoms. The molecule has 1 aromatic heterocycles. The maximum Gasteiger partial charge on any atom is 0.336 e. The number of carbonyl (C=O) groups is 2. The van der Waals surface area contributed by atoms with E-state index in [4.69, 9.17) is 13.9 Å². The van der Waals surface area contributed by atoms with E-state index in [1.54, 1.807) is 30.0 Å². The van der Waals surface area contributed by atoms with E-state index in [1.165, 1.54) is 13.2 Å². The summed E-state index contributed by atoms with van der Waals surface area (Å²) >= 11 is 1.57. The van der Waals surface area contributed by atoms with Crippen molar-refractivity contribution >= 4 is 34.6 Å². The fourth-order valence-corrected chi connectivity index (χ4v) is 2.88. The first-order valence-electron chi connectivity index (χ1n) is 7.98. The van der Waals surface area contributed by atoms with Crippen molar-refractivity contribution in [2.45, 2.75) is 19.4 Å². The van der Waals surface area contributed by atoms with Crippen molar-refractivity contribution in [3.8, 4) is 5.75 Å². The molecule has 1 heterocycles. The molecule has 2 rings (SSSR count). The largest absolute Gasteiger partial charge is 0.484 e. The van der Waals surface area contributed by atoms with E-state index < -0.39 is 23.5 Å². The van der Waals surface area contributed by atoms with Crippen LogP contribution in [0, 0.1) is 6.92 Å². The Bertz CT molecular complexity index is 847. The average Bonchev–Trinajstić information content (AvgIpc) is 2.62. The Morgan fingerprint density at radius 3 is 2.77 bits per heavy atom. The van der Waals surface area contributed by atoms with Crippen molar-refractivity contribution < 1.29 is 23.5 Å². The molecule has 0 saturated carbocycles. The van der Waals surface area contributed by atoms with E-state index in [1.807, 2.05) is 13.2 Å². The third-order valence-corrected chi connectivity index (χ3v) is 4.37. The quantitative estimate of drug-likeness (QED) is 0.553.